The van der Waals surface area contributed by atoms with E-state index in [1.54, 1.807) is 6.08 Å². The van der Waals surface area contributed by atoms with E-state index in [1.165, 1.54) is 7.11 Å². The Morgan fingerprint density at radius 3 is 2.50 bits per heavy atom. The zero-order valence-electron chi connectivity index (χ0n) is 10.2. The molecule has 16 heavy (non-hydrogen) atoms. The summed E-state index contributed by atoms with van der Waals surface area (Å²) in [6, 6.07) is 0. The van der Waals surface area contributed by atoms with Crippen molar-refractivity contribution < 1.29 is 14.6 Å². The first-order chi connectivity index (χ1) is 7.36. The highest BCUT2D eigenvalue weighted by Gasteiger charge is 2.21. The van der Waals surface area contributed by atoms with E-state index in [-0.39, 0.29) is 11.0 Å². The van der Waals surface area contributed by atoms with E-state index in [9.17, 15) is 4.79 Å². The topological polar surface area (TPSA) is 46.5 Å². The van der Waals surface area contributed by atoms with Crippen molar-refractivity contribution in [3.05, 3.63) is 35.1 Å². The van der Waals surface area contributed by atoms with E-state index in [4.69, 9.17) is 9.84 Å². The molecule has 1 aliphatic rings. The fourth-order valence-corrected chi connectivity index (χ4v) is 1.53. The van der Waals surface area contributed by atoms with Crippen molar-refractivity contribution in [3.8, 4) is 0 Å². The highest BCUT2D eigenvalue weighted by Crippen LogP contribution is 2.30. The number of hydrogen-bond acceptors (Lipinski definition) is 2. The molecule has 3 heteroatoms. The molecule has 0 heterocycles. The van der Waals surface area contributed by atoms with Crippen molar-refractivity contribution in [2.24, 2.45) is 5.41 Å². The van der Waals surface area contributed by atoms with Crippen LogP contribution in [-0.4, -0.2) is 18.2 Å². The van der Waals surface area contributed by atoms with Crippen LogP contribution in [0.25, 0.3) is 0 Å². The van der Waals surface area contributed by atoms with Gasteiger partial charge in [0.1, 0.15) is 5.76 Å². The Kier molecular flexibility index (Phi) is 3.58. The van der Waals surface area contributed by atoms with Gasteiger partial charge >= 0.3 is 5.97 Å². The number of allylic oxidation sites excluding steroid dienone is 3. The molecule has 0 atom stereocenters. The summed E-state index contributed by atoms with van der Waals surface area (Å²) in [4.78, 5) is 11.1. The van der Waals surface area contributed by atoms with Crippen molar-refractivity contribution >= 4 is 5.97 Å². The van der Waals surface area contributed by atoms with Gasteiger partial charge in [0, 0.05) is 6.42 Å². The molecule has 0 aliphatic heterocycles. The Balaban J connectivity index is 3.26. The standard InChI is InChI=1S/C13H18O3/c1-13(2,3)9-6-5-7-11(16-4)10(8-9)12(14)15/h5-6,8H,7H2,1-4H3,(H,14,15). The third-order valence-electron chi connectivity index (χ3n) is 2.54. The van der Waals surface area contributed by atoms with E-state index in [0.29, 0.717) is 12.2 Å². The molecule has 0 radical (unpaired) electrons. The van der Waals surface area contributed by atoms with Gasteiger partial charge in [-0.05, 0) is 17.1 Å². The number of carboxylic acids is 1. The minimum absolute atomic E-state index is 0.0691. The van der Waals surface area contributed by atoms with Crippen molar-refractivity contribution in [1.82, 2.24) is 0 Å². The van der Waals surface area contributed by atoms with E-state index in [2.05, 4.69) is 20.8 Å². The molecular weight excluding hydrogens is 204 g/mol. The highest BCUT2D eigenvalue weighted by atomic mass is 16.5. The summed E-state index contributed by atoms with van der Waals surface area (Å²) in [7, 11) is 1.50. The first kappa shape index (κ1) is 12.6. The monoisotopic (exact) mass is 222 g/mol. The molecule has 3 nitrogen and oxygen atoms in total. The second-order valence-electron chi connectivity index (χ2n) is 4.80. The predicted octanol–water partition coefficient (Wildman–Crippen LogP) is 2.90. The highest BCUT2D eigenvalue weighted by molar-refractivity contribution is 5.91. The molecule has 0 saturated heterocycles. The first-order valence-electron chi connectivity index (χ1n) is 5.25. The lowest BCUT2D eigenvalue weighted by atomic mass is 9.85. The second-order valence-corrected chi connectivity index (χ2v) is 4.80. The molecule has 0 saturated carbocycles. The Morgan fingerprint density at radius 1 is 1.44 bits per heavy atom. The largest absolute Gasteiger partial charge is 0.500 e. The van der Waals surface area contributed by atoms with Crippen LogP contribution < -0.4 is 0 Å². The summed E-state index contributed by atoms with van der Waals surface area (Å²) in [5.41, 5.74) is 1.18. The number of aliphatic carboxylic acids is 1. The summed E-state index contributed by atoms with van der Waals surface area (Å²) < 4.78 is 5.11. The van der Waals surface area contributed by atoms with Crippen LogP contribution in [0.4, 0.5) is 0 Å². The molecule has 0 unspecified atom stereocenters. The van der Waals surface area contributed by atoms with Crippen LogP contribution in [-0.2, 0) is 9.53 Å². The van der Waals surface area contributed by atoms with Crippen molar-refractivity contribution in [2.75, 3.05) is 7.11 Å². The average molecular weight is 222 g/mol. The Bertz CT molecular complexity index is 378. The fraction of sp³-hybridized carbons (Fsp3) is 0.462. The van der Waals surface area contributed by atoms with Crippen LogP contribution in [0.5, 0.6) is 0 Å². The minimum Gasteiger partial charge on any atom is -0.500 e. The third-order valence-corrected chi connectivity index (χ3v) is 2.54. The van der Waals surface area contributed by atoms with Gasteiger partial charge in [0.25, 0.3) is 0 Å². The van der Waals surface area contributed by atoms with Gasteiger partial charge in [-0.3, -0.25) is 0 Å². The molecule has 1 rings (SSSR count). The van der Waals surface area contributed by atoms with Gasteiger partial charge in [-0.1, -0.05) is 32.9 Å². The molecular formula is C13H18O3. The first-order valence-corrected chi connectivity index (χ1v) is 5.25. The maximum Gasteiger partial charge on any atom is 0.339 e. The Hall–Kier alpha value is -1.51. The SMILES string of the molecule is COC1=C(C(=O)O)C=C(C(C)(C)C)C=CC1. The lowest BCUT2D eigenvalue weighted by molar-refractivity contribution is -0.132. The van der Waals surface area contributed by atoms with Crippen molar-refractivity contribution in [3.63, 3.8) is 0 Å². The fourth-order valence-electron chi connectivity index (χ4n) is 1.53. The lowest BCUT2D eigenvalue weighted by Gasteiger charge is -2.20. The molecule has 0 fully saturated rings. The Labute approximate surface area is 96.1 Å². The molecule has 0 aromatic carbocycles. The van der Waals surface area contributed by atoms with Crippen molar-refractivity contribution in [2.45, 2.75) is 27.2 Å². The molecule has 0 spiro atoms. The minimum atomic E-state index is -0.942. The van der Waals surface area contributed by atoms with Crippen LogP contribution in [0.3, 0.4) is 0 Å². The van der Waals surface area contributed by atoms with Gasteiger partial charge in [-0.2, -0.15) is 0 Å². The molecule has 0 aromatic rings. The van der Waals surface area contributed by atoms with Crippen LogP contribution in [0.1, 0.15) is 27.2 Å². The quantitative estimate of drug-likeness (QED) is 0.781. The van der Waals surface area contributed by atoms with Crippen LogP contribution in [0.2, 0.25) is 0 Å². The van der Waals surface area contributed by atoms with Gasteiger partial charge in [0.05, 0.1) is 12.7 Å². The van der Waals surface area contributed by atoms with Crippen LogP contribution in [0.15, 0.2) is 35.1 Å². The molecule has 88 valence electrons. The number of carbonyl (C=O) groups is 1. The maximum atomic E-state index is 11.1. The van der Waals surface area contributed by atoms with E-state index in [1.807, 2.05) is 12.2 Å². The summed E-state index contributed by atoms with van der Waals surface area (Å²) in [5, 5.41) is 9.14. The summed E-state index contributed by atoms with van der Waals surface area (Å²) in [6.07, 6.45) is 6.12. The molecule has 0 aromatic heterocycles. The Morgan fingerprint density at radius 2 is 2.06 bits per heavy atom. The van der Waals surface area contributed by atoms with E-state index >= 15 is 0 Å². The number of rotatable bonds is 2. The van der Waals surface area contributed by atoms with Gasteiger partial charge in [0.2, 0.25) is 0 Å². The van der Waals surface area contributed by atoms with Crippen LogP contribution >= 0.6 is 0 Å². The summed E-state index contributed by atoms with van der Waals surface area (Å²) in [6.45, 7) is 6.17. The summed E-state index contributed by atoms with van der Waals surface area (Å²) >= 11 is 0. The number of methoxy groups -OCH3 is 1. The third kappa shape index (κ3) is 2.75. The molecule has 1 aliphatic carbocycles. The predicted molar refractivity (Wildman–Crippen MR) is 63.0 cm³/mol. The van der Waals surface area contributed by atoms with Gasteiger partial charge in [-0.15, -0.1) is 0 Å². The van der Waals surface area contributed by atoms with Crippen LogP contribution in [0, 0.1) is 5.41 Å². The number of hydrogen-bond donors (Lipinski definition) is 1. The van der Waals surface area contributed by atoms with Gasteiger partial charge in [-0.25, -0.2) is 4.79 Å². The zero-order chi connectivity index (χ0) is 12.3. The molecule has 0 bridgehead atoms. The number of ether oxygens (including phenoxy) is 1. The normalized spacial score (nSPS) is 16.9. The van der Waals surface area contributed by atoms with Gasteiger partial charge in [0.15, 0.2) is 0 Å². The average Bonchev–Trinajstić information content (AvgIpc) is 2.37. The molecule has 0 amide bonds. The van der Waals surface area contributed by atoms with Gasteiger partial charge < -0.3 is 9.84 Å². The smallest absolute Gasteiger partial charge is 0.339 e. The second kappa shape index (κ2) is 4.56. The van der Waals surface area contributed by atoms with Crippen molar-refractivity contribution in [1.29, 1.82) is 0 Å². The molecule has 1 N–H and O–H groups in total. The lowest BCUT2D eigenvalue weighted by Crippen LogP contribution is -2.10. The van der Waals surface area contributed by atoms with E-state index < -0.39 is 5.97 Å². The number of carboxylic acid groups (broad SMARTS) is 1. The van der Waals surface area contributed by atoms with E-state index in [0.717, 1.165) is 5.57 Å². The summed E-state index contributed by atoms with van der Waals surface area (Å²) in [5.74, 6) is -0.440. The maximum absolute atomic E-state index is 11.1. The zero-order valence-corrected chi connectivity index (χ0v) is 10.2.